The number of piperidine rings is 1. The van der Waals surface area contributed by atoms with Gasteiger partial charge in [-0.1, -0.05) is 6.92 Å². The Kier molecular flexibility index (Phi) is 4.59. The van der Waals surface area contributed by atoms with Crippen LogP contribution in [0.2, 0.25) is 0 Å². The fraction of sp³-hybridized carbons (Fsp3) is 0.778. The number of nitrogens with one attached hydrogen (secondary N) is 1. The lowest BCUT2D eigenvalue weighted by Gasteiger charge is -2.43. The second-order valence-electron chi connectivity index (χ2n) is 7.49. The molecule has 1 aromatic heterocycles. The van der Waals surface area contributed by atoms with E-state index in [1.165, 1.54) is 25.8 Å². The van der Waals surface area contributed by atoms with Gasteiger partial charge >= 0.3 is 0 Å². The number of carbonyl (C=O) groups excluding carboxylic acids is 1. The van der Waals surface area contributed by atoms with Crippen LogP contribution in [0, 0.1) is 0 Å². The van der Waals surface area contributed by atoms with E-state index in [-0.39, 0.29) is 5.91 Å². The summed E-state index contributed by atoms with van der Waals surface area (Å²) in [5, 5.41) is 8.05. The van der Waals surface area contributed by atoms with E-state index < -0.39 is 0 Å². The summed E-state index contributed by atoms with van der Waals surface area (Å²) in [5.41, 5.74) is 0.616. The zero-order chi connectivity index (χ0) is 16.5. The number of aromatic nitrogens is 2. The standard InChI is InChI=1S/C18H29N5O/c1-2-14-12-21-9-4-6-16(21)13-22(14)18(24)17-7-10-23(20-17)15-5-3-8-19-11-15/h7,10,14-16,19H,2-6,8-9,11-13H2,1H3. The van der Waals surface area contributed by atoms with Gasteiger partial charge < -0.3 is 10.2 Å². The molecule has 3 aliphatic rings. The van der Waals surface area contributed by atoms with E-state index in [2.05, 4.69) is 27.1 Å². The second-order valence-corrected chi connectivity index (χ2v) is 7.49. The van der Waals surface area contributed by atoms with Crippen molar-refractivity contribution in [1.82, 2.24) is 24.9 Å². The SMILES string of the molecule is CCC1CN2CCCC2CN1C(=O)c1ccn(C2CCCNC2)n1. The van der Waals surface area contributed by atoms with Gasteiger partial charge in [0, 0.05) is 37.9 Å². The lowest BCUT2D eigenvalue weighted by molar-refractivity contribution is 0.0339. The summed E-state index contributed by atoms with van der Waals surface area (Å²) < 4.78 is 1.99. The molecule has 3 saturated heterocycles. The Labute approximate surface area is 144 Å². The van der Waals surface area contributed by atoms with Crippen molar-refractivity contribution in [3.05, 3.63) is 18.0 Å². The molecule has 0 bridgehead atoms. The highest BCUT2D eigenvalue weighted by Crippen LogP contribution is 2.27. The topological polar surface area (TPSA) is 53.4 Å². The van der Waals surface area contributed by atoms with Crippen LogP contribution in [0.15, 0.2) is 12.3 Å². The molecule has 3 atom stereocenters. The Bertz CT molecular complexity index is 580. The van der Waals surface area contributed by atoms with Crippen molar-refractivity contribution >= 4 is 5.91 Å². The predicted octanol–water partition coefficient (Wildman–Crippen LogP) is 1.51. The monoisotopic (exact) mass is 331 g/mol. The van der Waals surface area contributed by atoms with E-state index in [0.717, 1.165) is 39.0 Å². The van der Waals surface area contributed by atoms with E-state index in [1.807, 2.05) is 16.9 Å². The van der Waals surface area contributed by atoms with Gasteiger partial charge in [0.2, 0.25) is 0 Å². The summed E-state index contributed by atoms with van der Waals surface area (Å²) in [6.07, 6.45) is 7.81. The molecular weight excluding hydrogens is 302 g/mol. The summed E-state index contributed by atoms with van der Waals surface area (Å²) in [5.74, 6) is 0.121. The van der Waals surface area contributed by atoms with Crippen molar-refractivity contribution in [2.45, 2.75) is 57.2 Å². The fourth-order valence-electron chi connectivity index (χ4n) is 4.55. The van der Waals surface area contributed by atoms with Gasteiger partial charge in [0.25, 0.3) is 5.91 Å². The quantitative estimate of drug-likeness (QED) is 0.912. The average molecular weight is 331 g/mol. The molecule has 1 aromatic rings. The van der Waals surface area contributed by atoms with Crippen LogP contribution in [0.3, 0.4) is 0 Å². The third kappa shape index (κ3) is 2.97. The lowest BCUT2D eigenvalue weighted by Crippen LogP contribution is -2.57. The van der Waals surface area contributed by atoms with Crippen molar-refractivity contribution in [2.75, 3.05) is 32.7 Å². The van der Waals surface area contributed by atoms with Gasteiger partial charge in [-0.15, -0.1) is 0 Å². The normalized spacial score (nSPS) is 31.2. The third-order valence-corrected chi connectivity index (χ3v) is 6.00. The average Bonchev–Trinajstić information content (AvgIpc) is 3.29. The summed E-state index contributed by atoms with van der Waals surface area (Å²) in [7, 11) is 0. The number of hydrogen-bond donors (Lipinski definition) is 1. The maximum Gasteiger partial charge on any atom is 0.274 e. The van der Waals surface area contributed by atoms with Crippen LogP contribution < -0.4 is 5.32 Å². The smallest absolute Gasteiger partial charge is 0.274 e. The summed E-state index contributed by atoms with van der Waals surface area (Å²) in [6.45, 7) is 7.33. The van der Waals surface area contributed by atoms with Crippen molar-refractivity contribution in [3.63, 3.8) is 0 Å². The molecule has 4 heterocycles. The van der Waals surface area contributed by atoms with Crippen LogP contribution >= 0.6 is 0 Å². The molecular formula is C18H29N5O. The summed E-state index contributed by atoms with van der Waals surface area (Å²) >= 11 is 0. The molecule has 0 saturated carbocycles. The number of nitrogens with zero attached hydrogens (tertiary/aromatic N) is 4. The summed E-state index contributed by atoms with van der Waals surface area (Å²) in [6, 6.07) is 3.17. The van der Waals surface area contributed by atoms with E-state index in [9.17, 15) is 4.79 Å². The van der Waals surface area contributed by atoms with E-state index in [4.69, 9.17) is 0 Å². The molecule has 24 heavy (non-hydrogen) atoms. The Morgan fingerprint density at radius 2 is 2.17 bits per heavy atom. The molecule has 0 aromatic carbocycles. The molecule has 0 aliphatic carbocycles. The molecule has 132 valence electrons. The van der Waals surface area contributed by atoms with Gasteiger partial charge in [0.1, 0.15) is 5.69 Å². The molecule has 3 aliphatic heterocycles. The van der Waals surface area contributed by atoms with Crippen molar-refractivity contribution in [3.8, 4) is 0 Å². The first-order valence-corrected chi connectivity index (χ1v) is 9.57. The first-order chi connectivity index (χ1) is 11.8. The second kappa shape index (κ2) is 6.84. The zero-order valence-electron chi connectivity index (χ0n) is 14.7. The first-order valence-electron chi connectivity index (χ1n) is 9.57. The molecule has 0 spiro atoms. The lowest BCUT2D eigenvalue weighted by atomic mass is 10.0. The van der Waals surface area contributed by atoms with Gasteiger partial charge in [-0.3, -0.25) is 14.4 Å². The Balaban J connectivity index is 1.48. The number of carbonyl (C=O) groups is 1. The first kappa shape index (κ1) is 16.1. The molecule has 4 rings (SSSR count). The van der Waals surface area contributed by atoms with E-state index in [0.29, 0.717) is 23.8 Å². The van der Waals surface area contributed by atoms with Crippen molar-refractivity contribution < 1.29 is 4.79 Å². The van der Waals surface area contributed by atoms with Crippen LogP contribution in [0.5, 0.6) is 0 Å². The maximum absolute atomic E-state index is 13.1. The molecule has 0 radical (unpaired) electrons. The minimum atomic E-state index is 0.121. The number of amides is 1. The molecule has 6 nitrogen and oxygen atoms in total. The van der Waals surface area contributed by atoms with Crippen LogP contribution in [0.1, 0.15) is 55.6 Å². The summed E-state index contributed by atoms with van der Waals surface area (Å²) in [4.78, 5) is 17.7. The van der Waals surface area contributed by atoms with Crippen LogP contribution in [0.4, 0.5) is 0 Å². The molecule has 1 N–H and O–H groups in total. The highest BCUT2D eigenvalue weighted by molar-refractivity contribution is 5.92. The minimum absolute atomic E-state index is 0.121. The zero-order valence-corrected chi connectivity index (χ0v) is 14.7. The van der Waals surface area contributed by atoms with Gasteiger partial charge in [0.15, 0.2) is 0 Å². The van der Waals surface area contributed by atoms with Crippen molar-refractivity contribution in [1.29, 1.82) is 0 Å². The van der Waals surface area contributed by atoms with Gasteiger partial charge in [-0.25, -0.2) is 0 Å². The fourth-order valence-corrected chi connectivity index (χ4v) is 4.55. The van der Waals surface area contributed by atoms with E-state index in [1.54, 1.807) is 0 Å². The highest BCUT2D eigenvalue weighted by Gasteiger charge is 2.38. The molecule has 3 fully saturated rings. The predicted molar refractivity (Wildman–Crippen MR) is 93.1 cm³/mol. The van der Waals surface area contributed by atoms with E-state index >= 15 is 0 Å². The van der Waals surface area contributed by atoms with Crippen LogP contribution in [-0.2, 0) is 0 Å². The van der Waals surface area contributed by atoms with Crippen molar-refractivity contribution in [2.24, 2.45) is 0 Å². The van der Waals surface area contributed by atoms with Gasteiger partial charge in [-0.2, -0.15) is 5.10 Å². The van der Waals surface area contributed by atoms with Crippen LogP contribution in [0.25, 0.3) is 0 Å². The third-order valence-electron chi connectivity index (χ3n) is 6.00. The minimum Gasteiger partial charge on any atom is -0.331 e. The largest absolute Gasteiger partial charge is 0.331 e. The number of hydrogen-bond acceptors (Lipinski definition) is 4. The molecule has 1 amide bonds. The van der Waals surface area contributed by atoms with Gasteiger partial charge in [-0.05, 0) is 51.3 Å². The van der Waals surface area contributed by atoms with Gasteiger partial charge in [0.05, 0.1) is 6.04 Å². The highest BCUT2D eigenvalue weighted by atomic mass is 16.2. The Morgan fingerprint density at radius 3 is 2.96 bits per heavy atom. The Hall–Kier alpha value is -1.40. The number of fused-ring (bicyclic) bond motifs is 1. The number of rotatable bonds is 3. The van der Waals surface area contributed by atoms with Crippen LogP contribution in [-0.4, -0.2) is 70.3 Å². The maximum atomic E-state index is 13.1. The molecule has 6 heteroatoms. The number of piperazine rings is 1. The molecule has 3 unspecified atom stereocenters. The Morgan fingerprint density at radius 1 is 1.29 bits per heavy atom.